The molecule has 1 aliphatic heterocycles. The molecule has 1 saturated heterocycles. The van der Waals surface area contributed by atoms with Crippen LogP contribution in [0.2, 0.25) is 0 Å². The second-order valence-corrected chi connectivity index (χ2v) is 7.88. The summed E-state index contributed by atoms with van der Waals surface area (Å²) in [4.78, 5) is 28.0. The third kappa shape index (κ3) is 4.66. The van der Waals surface area contributed by atoms with Crippen LogP contribution in [-0.4, -0.2) is 29.5 Å². The van der Waals surface area contributed by atoms with Crippen LogP contribution in [0.25, 0.3) is 10.4 Å². The summed E-state index contributed by atoms with van der Waals surface area (Å²) < 4.78 is 5.41. The number of hydrogen-bond acceptors (Lipinski definition) is 4. The summed E-state index contributed by atoms with van der Waals surface area (Å²) in [6.45, 7) is 0.734. The SMILES string of the molecule is O=C(Nc1ccc(-c2cccs2)cc1)[C@@H]1CCCN1C(=O)OCc1ccccc1. The molecule has 0 aliphatic carbocycles. The van der Waals surface area contributed by atoms with Gasteiger partial charge in [0.15, 0.2) is 0 Å². The molecule has 4 rings (SSSR count). The maximum absolute atomic E-state index is 12.8. The van der Waals surface area contributed by atoms with Crippen LogP contribution in [-0.2, 0) is 16.1 Å². The van der Waals surface area contributed by atoms with E-state index < -0.39 is 12.1 Å². The van der Waals surface area contributed by atoms with Gasteiger partial charge in [-0.15, -0.1) is 11.3 Å². The van der Waals surface area contributed by atoms with Crippen molar-refractivity contribution in [1.29, 1.82) is 0 Å². The topological polar surface area (TPSA) is 58.6 Å². The monoisotopic (exact) mass is 406 g/mol. The van der Waals surface area contributed by atoms with Crippen molar-refractivity contribution in [2.75, 3.05) is 11.9 Å². The summed E-state index contributed by atoms with van der Waals surface area (Å²) in [5.41, 5.74) is 2.76. The van der Waals surface area contributed by atoms with E-state index in [1.807, 2.05) is 66.0 Å². The highest BCUT2D eigenvalue weighted by Crippen LogP contribution is 2.26. The van der Waals surface area contributed by atoms with Gasteiger partial charge in [-0.1, -0.05) is 48.5 Å². The Balaban J connectivity index is 1.35. The van der Waals surface area contributed by atoms with Crippen molar-refractivity contribution in [1.82, 2.24) is 4.90 Å². The molecule has 29 heavy (non-hydrogen) atoms. The molecule has 0 bridgehead atoms. The first-order chi connectivity index (χ1) is 14.2. The minimum atomic E-state index is -0.504. The molecular weight excluding hydrogens is 384 g/mol. The number of carbonyl (C=O) groups is 2. The molecule has 148 valence electrons. The third-order valence-corrected chi connectivity index (χ3v) is 5.87. The van der Waals surface area contributed by atoms with Gasteiger partial charge in [-0.25, -0.2) is 4.79 Å². The van der Waals surface area contributed by atoms with E-state index in [2.05, 4.69) is 11.4 Å². The normalized spacial score (nSPS) is 15.9. The van der Waals surface area contributed by atoms with Gasteiger partial charge in [-0.05, 0) is 47.5 Å². The molecule has 1 atom stereocenters. The van der Waals surface area contributed by atoms with Gasteiger partial charge in [-0.2, -0.15) is 0 Å². The van der Waals surface area contributed by atoms with Gasteiger partial charge in [0.2, 0.25) is 5.91 Å². The summed E-state index contributed by atoms with van der Waals surface area (Å²) >= 11 is 1.68. The van der Waals surface area contributed by atoms with Crippen molar-refractivity contribution in [3.63, 3.8) is 0 Å². The number of benzene rings is 2. The highest BCUT2D eigenvalue weighted by Gasteiger charge is 2.35. The Morgan fingerprint density at radius 2 is 1.83 bits per heavy atom. The number of amides is 2. The predicted molar refractivity (Wildman–Crippen MR) is 115 cm³/mol. The summed E-state index contributed by atoms with van der Waals surface area (Å²) in [5.74, 6) is -0.178. The lowest BCUT2D eigenvalue weighted by Crippen LogP contribution is -2.43. The number of nitrogens with one attached hydrogen (secondary N) is 1. The molecule has 2 amide bonds. The lowest BCUT2D eigenvalue weighted by atomic mass is 10.1. The van der Waals surface area contributed by atoms with Crippen LogP contribution in [0, 0.1) is 0 Å². The zero-order chi connectivity index (χ0) is 20.1. The maximum atomic E-state index is 12.8. The Bertz CT molecular complexity index is 956. The number of carbonyl (C=O) groups excluding carboxylic acids is 2. The minimum absolute atomic E-state index is 0.178. The number of ether oxygens (including phenoxy) is 1. The summed E-state index contributed by atoms with van der Waals surface area (Å²) in [5, 5.41) is 4.97. The largest absolute Gasteiger partial charge is 0.445 e. The standard InChI is InChI=1S/C23H22N2O3S/c26-22(24-19-12-10-18(11-13-19)21-9-5-15-29-21)20-8-4-14-25(20)23(27)28-16-17-6-2-1-3-7-17/h1-3,5-7,9-13,15,20H,4,8,14,16H2,(H,24,26)/t20-/m0/s1. The zero-order valence-corrected chi connectivity index (χ0v) is 16.7. The first kappa shape index (κ1) is 19.2. The van der Waals surface area contributed by atoms with E-state index in [9.17, 15) is 9.59 Å². The van der Waals surface area contributed by atoms with Crippen LogP contribution in [0.4, 0.5) is 10.5 Å². The molecule has 0 unspecified atom stereocenters. The van der Waals surface area contributed by atoms with Crippen molar-refractivity contribution in [2.24, 2.45) is 0 Å². The Hall–Kier alpha value is -3.12. The molecule has 1 aliphatic rings. The molecule has 0 spiro atoms. The maximum Gasteiger partial charge on any atom is 0.410 e. The van der Waals surface area contributed by atoms with E-state index in [-0.39, 0.29) is 12.5 Å². The van der Waals surface area contributed by atoms with E-state index in [1.165, 1.54) is 9.78 Å². The van der Waals surface area contributed by atoms with E-state index in [1.54, 1.807) is 11.3 Å². The van der Waals surface area contributed by atoms with Crippen molar-refractivity contribution >= 4 is 29.0 Å². The molecule has 5 nitrogen and oxygen atoms in total. The number of likely N-dealkylation sites (tertiary alicyclic amines) is 1. The van der Waals surface area contributed by atoms with Gasteiger partial charge in [-0.3, -0.25) is 9.69 Å². The summed E-state index contributed by atoms with van der Waals surface area (Å²) in [6.07, 6.45) is 0.981. The van der Waals surface area contributed by atoms with Crippen molar-refractivity contribution in [3.8, 4) is 10.4 Å². The molecule has 1 aromatic heterocycles. The van der Waals surface area contributed by atoms with Crippen LogP contribution < -0.4 is 5.32 Å². The van der Waals surface area contributed by atoms with Crippen LogP contribution in [0.3, 0.4) is 0 Å². The fourth-order valence-electron chi connectivity index (χ4n) is 3.45. The first-order valence-electron chi connectivity index (χ1n) is 9.63. The first-order valence-corrected chi connectivity index (χ1v) is 10.5. The van der Waals surface area contributed by atoms with Crippen LogP contribution >= 0.6 is 11.3 Å². The molecule has 2 heterocycles. The highest BCUT2D eigenvalue weighted by molar-refractivity contribution is 7.13. The van der Waals surface area contributed by atoms with Crippen molar-refractivity contribution in [3.05, 3.63) is 77.7 Å². The number of hydrogen-bond donors (Lipinski definition) is 1. The molecule has 3 aromatic rings. The van der Waals surface area contributed by atoms with Crippen molar-refractivity contribution < 1.29 is 14.3 Å². The second-order valence-electron chi connectivity index (χ2n) is 6.94. The Kier molecular flexibility index (Phi) is 5.91. The van der Waals surface area contributed by atoms with E-state index in [0.717, 1.165) is 23.2 Å². The van der Waals surface area contributed by atoms with Gasteiger partial charge in [0.05, 0.1) is 0 Å². The van der Waals surface area contributed by atoms with Crippen LogP contribution in [0.15, 0.2) is 72.1 Å². The molecular formula is C23H22N2O3S. The number of nitrogens with zero attached hydrogens (tertiary/aromatic N) is 1. The lowest BCUT2D eigenvalue weighted by Gasteiger charge is -2.23. The van der Waals surface area contributed by atoms with Gasteiger partial charge < -0.3 is 10.1 Å². The van der Waals surface area contributed by atoms with Crippen LogP contribution in [0.5, 0.6) is 0 Å². The predicted octanol–water partition coefficient (Wildman–Crippen LogP) is 5.15. The lowest BCUT2D eigenvalue weighted by molar-refractivity contribution is -0.120. The average molecular weight is 407 g/mol. The van der Waals surface area contributed by atoms with E-state index in [0.29, 0.717) is 13.0 Å². The molecule has 1 fully saturated rings. The summed E-state index contributed by atoms with van der Waals surface area (Å²) in [7, 11) is 0. The average Bonchev–Trinajstić information content (AvgIpc) is 3.45. The molecule has 2 aromatic carbocycles. The summed E-state index contributed by atoms with van der Waals surface area (Å²) in [6, 6.07) is 20.9. The number of thiophene rings is 1. The second kappa shape index (κ2) is 8.92. The van der Waals surface area contributed by atoms with Gasteiger partial charge in [0, 0.05) is 17.1 Å². The molecule has 0 saturated carbocycles. The fraction of sp³-hybridized carbons (Fsp3) is 0.217. The van der Waals surface area contributed by atoms with Gasteiger partial charge in [0.25, 0.3) is 0 Å². The van der Waals surface area contributed by atoms with Gasteiger partial charge >= 0.3 is 6.09 Å². The van der Waals surface area contributed by atoms with Gasteiger partial charge in [0.1, 0.15) is 12.6 Å². The van der Waals surface area contributed by atoms with E-state index >= 15 is 0 Å². The quantitative estimate of drug-likeness (QED) is 0.637. The number of rotatable bonds is 5. The third-order valence-electron chi connectivity index (χ3n) is 4.95. The Morgan fingerprint density at radius 1 is 1.03 bits per heavy atom. The number of anilines is 1. The molecule has 0 radical (unpaired) electrons. The highest BCUT2D eigenvalue weighted by atomic mass is 32.1. The van der Waals surface area contributed by atoms with E-state index in [4.69, 9.17) is 4.74 Å². The zero-order valence-electron chi connectivity index (χ0n) is 15.9. The van der Waals surface area contributed by atoms with Crippen molar-refractivity contribution in [2.45, 2.75) is 25.5 Å². The minimum Gasteiger partial charge on any atom is -0.445 e. The Morgan fingerprint density at radius 3 is 2.55 bits per heavy atom. The molecule has 1 N–H and O–H groups in total. The van der Waals surface area contributed by atoms with Crippen LogP contribution in [0.1, 0.15) is 18.4 Å². The smallest absolute Gasteiger partial charge is 0.410 e. The molecule has 6 heteroatoms. The fourth-order valence-corrected chi connectivity index (χ4v) is 4.18. The Labute approximate surface area is 173 Å².